The first-order valence-electron chi connectivity index (χ1n) is 8.82. The van der Waals surface area contributed by atoms with Crippen molar-refractivity contribution in [1.82, 2.24) is 15.3 Å². The lowest BCUT2D eigenvalue weighted by Crippen LogP contribution is -2.47. The molecule has 24 heavy (non-hydrogen) atoms. The molecule has 0 aliphatic carbocycles. The van der Waals surface area contributed by atoms with Gasteiger partial charge in [0.05, 0.1) is 5.52 Å². The molecule has 3 rings (SSSR count). The number of fused-ring (bicyclic) bond motifs is 1. The number of hydrogen-bond acceptors (Lipinski definition) is 4. The van der Waals surface area contributed by atoms with Crippen molar-refractivity contribution >= 4 is 22.6 Å². The number of carbonyl (C=O) groups is 1. The maximum Gasteiger partial charge on any atom is 0.216 e. The highest BCUT2D eigenvalue weighted by atomic mass is 16.1. The smallest absolute Gasteiger partial charge is 0.216 e. The van der Waals surface area contributed by atoms with Gasteiger partial charge in [-0.1, -0.05) is 19.9 Å². The van der Waals surface area contributed by atoms with Gasteiger partial charge < -0.3 is 10.2 Å². The lowest BCUT2D eigenvalue weighted by atomic mass is 9.99. The van der Waals surface area contributed by atoms with Crippen LogP contribution in [-0.2, 0) is 4.79 Å². The number of piperidine rings is 1. The number of carbonyl (C=O) groups excluding carboxylic acids is 1. The molecule has 1 aromatic heterocycles. The molecule has 1 fully saturated rings. The second kappa shape index (κ2) is 7.16. The maximum atomic E-state index is 11.3. The fourth-order valence-electron chi connectivity index (χ4n) is 3.40. The van der Waals surface area contributed by atoms with E-state index >= 15 is 0 Å². The first-order valence-corrected chi connectivity index (χ1v) is 8.82. The van der Waals surface area contributed by atoms with Crippen molar-refractivity contribution in [3.8, 4) is 0 Å². The quantitative estimate of drug-likeness (QED) is 0.937. The summed E-state index contributed by atoms with van der Waals surface area (Å²) < 4.78 is 0. The summed E-state index contributed by atoms with van der Waals surface area (Å²) in [6, 6.07) is 6.75. The van der Waals surface area contributed by atoms with E-state index in [2.05, 4.69) is 52.2 Å². The summed E-state index contributed by atoms with van der Waals surface area (Å²) in [7, 11) is 0. The van der Waals surface area contributed by atoms with Crippen molar-refractivity contribution in [3.05, 3.63) is 30.1 Å². The zero-order valence-electron chi connectivity index (χ0n) is 14.7. The van der Waals surface area contributed by atoms with E-state index in [-0.39, 0.29) is 5.91 Å². The Bertz CT molecular complexity index is 728. The first-order chi connectivity index (χ1) is 11.6. The number of hydrogen-bond donors (Lipinski definition) is 1. The zero-order chi connectivity index (χ0) is 17.1. The highest BCUT2D eigenvalue weighted by Gasteiger charge is 2.25. The van der Waals surface area contributed by atoms with Crippen LogP contribution in [0, 0.1) is 0 Å². The van der Waals surface area contributed by atoms with E-state index in [4.69, 9.17) is 0 Å². The van der Waals surface area contributed by atoms with E-state index in [9.17, 15) is 4.79 Å². The summed E-state index contributed by atoms with van der Waals surface area (Å²) in [5.41, 5.74) is 2.28. The van der Waals surface area contributed by atoms with Gasteiger partial charge >= 0.3 is 0 Å². The number of amides is 1. The maximum absolute atomic E-state index is 11.3. The molecule has 1 amide bonds. The Labute approximate surface area is 143 Å². The van der Waals surface area contributed by atoms with Crippen LogP contribution in [-0.4, -0.2) is 35.0 Å². The molecule has 1 aliphatic heterocycles. The van der Waals surface area contributed by atoms with Gasteiger partial charge in [0, 0.05) is 31.4 Å². The minimum Gasteiger partial charge on any atom is -0.354 e. The van der Waals surface area contributed by atoms with Crippen molar-refractivity contribution < 1.29 is 4.79 Å². The Hall–Kier alpha value is -2.17. The van der Waals surface area contributed by atoms with Crippen molar-refractivity contribution in [2.24, 2.45) is 0 Å². The summed E-state index contributed by atoms with van der Waals surface area (Å²) in [5, 5.41) is 4.08. The van der Waals surface area contributed by atoms with E-state index in [0.29, 0.717) is 18.5 Å². The van der Waals surface area contributed by atoms with Gasteiger partial charge in [-0.15, -0.1) is 0 Å². The Morgan fingerprint density at radius 2 is 2.17 bits per heavy atom. The molecule has 1 aliphatic rings. The molecule has 0 spiro atoms. The van der Waals surface area contributed by atoms with Gasteiger partial charge in [-0.3, -0.25) is 4.79 Å². The highest BCUT2D eigenvalue weighted by molar-refractivity contribution is 5.90. The number of benzene rings is 1. The molecular weight excluding hydrogens is 300 g/mol. The molecule has 1 aromatic carbocycles. The van der Waals surface area contributed by atoms with E-state index in [0.717, 1.165) is 36.1 Å². The van der Waals surface area contributed by atoms with E-state index in [1.807, 2.05) is 0 Å². The summed E-state index contributed by atoms with van der Waals surface area (Å²) in [6.07, 6.45) is 5.08. The van der Waals surface area contributed by atoms with Crippen LogP contribution in [0.5, 0.6) is 0 Å². The summed E-state index contributed by atoms with van der Waals surface area (Å²) >= 11 is 0. The Kier molecular flexibility index (Phi) is 4.97. The third-order valence-corrected chi connectivity index (χ3v) is 4.79. The Balaban J connectivity index is 1.99. The standard InChI is InChI=1S/C19H26N4O/c1-13(2)15-7-8-18-17(10-15)19(22-12-21-18)23-9-5-4-6-16(23)11-20-14(3)24/h7-8,10,12-13,16H,4-6,9,11H2,1-3H3,(H,20,24). The van der Waals surface area contributed by atoms with Gasteiger partial charge in [0.15, 0.2) is 0 Å². The van der Waals surface area contributed by atoms with Crippen LogP contribution < -0.4 is 10.2 Å². The third kappa shape index (κ3) is 3.50. The fourth-order valence-corrected chi connectivity index (χ4v) is 3.40. The Morgan fingerprint density at radius 3 is 2.92 bits per heavy atom. The highest BCUT2D eigenvalue weighted by Crippen LogP contribution is 2.30. The van der Waals surface area contributed by atoms with Crippen LogP contribution in [0.25, 0.3) is 10.9 Å². The molecule has 128 valence electrons. The van der Waals surface area contributed by atoms with Crippen molar-refractivity contribution in [2.45, 2.75) is 52.0 Å². The van der Waals surface area contributed by atoms with Gasteiger partial charge in [-0.05, 0) is 42.9 Å². The summed E-state index contributed by atoms with van der Waals surface area (Å²) in [4.78, 5) is 22.7. The van der Waals surface area contributed by atoms with Crippen molar-refractivity contribution in [1.29, 1.82) is 0 Å². The zero-order valence-corrected chi connectivity index (χ0v) is 14.7. The number of anilines is 1. The number of nitrogens with one attached hydrogen (secondary N) is 1. The second-order valence-electron chi connectivity index (χ2n) is 6.91. The average molecular weight is 326 g/mol. The molecule has 1 N–H and O–H groups in total. The monoisotopic (exact) mass is 326 g/mol. The minimum absolute atomic E-state index is 0.0233. The van der Waals surface area contributed by atoms with Gasteiger partial charge in [-0.2, -0.15) is 0 Å². The molecule has 5 nitrogen and oxygen atoms in total. The molecule has 0 radical (unpaired) electrons. The topological polar surface area (TPSA) is 58.1 Å². The van der Waals surface area contributed by atoms with Crippen molar-refractivity contribution in [3.63, 3.8) is 0 Å². The van der Waals surface area contributed by atoms with E-state index in [1.165, 1.54) is 12.0 Å². The number of rotatable bonds is 4. The van der Waals surface area contributed by atoms with Crippen LogP contribution in [0.1, 0.15) is 51.5 Å². The van der Waals surface area contributed by atoms with E-state index in [1.54, 1.807) is 13.3 Å². The lowest BCUT2D eigenvalue weighted by Gasteiger charge is -2.37. The fraction of sp³-hybridized carbons (Fsp3) is 0.526. The van der Waals surface area contributed by atoms with Crippen molar-refractivity contribution in [2.75, 3.05) is 18.0 Å². The normalized spacial score (nSPS) is 18.2. The van der Waals surface area contributed by atoms with E-state index < -0.39 is 0 Å². The van der Waals surface area contributed by atoms with Crippen LogP contribution in [0.4, 0.5) is 5.82 Å². The number of nitrogens with zero attached hydrogens (tertiary/aromatic N) is 3. The molecule has 2 aromatic rings. The van der Waals surface area contributed by atoms with Gasteiger partial charge in [0.1, 0.15) is 12.1 Å². The lowest BCUT2D eigenvalue weighted by molar-refractivity contribution is -0.119. The molecule has 0 saturated carbocycles. The van der Waals surface area contributed by atoms with Crippen LogP contribution in [0.15, 0.2) is 24.5 Å². The largest absolute Gasteiger partial charge is 0.354 e. The SMILES string of the molecule is CC(=O)NCC1CCCCN1c1ncnc2ccc(C(C)C)cc12. The van der Waals surface area contributed by atoms with Crippen LogP contribution in [0.2, 0.25) is 0 Å². The van der Waals surface area contributed by atoms with Gasteiger partial charge in [-0.25, -0.2) is 9.97 Å². The number of aromatic nitrogens is 2. The summed E-state index contributed by atoms with van der Waals surface area (Å²) in [5.74, 6) is 1.49. The predicted molar refractivity (Wildman–Crippen MR) is 97.3 cm³/mol. The Morgan fingerprint density at radius 1 is 1.33 bits per heavy atom. The minimum atomic E-state index is 0.0233. The van der Waals surface area contributed by atoms with Gasteiger partial charge in [0.25, 0.3) is 0 Å². The molecular formula is C19H26N4O. The summed E-state index contributed by atoms with van der Waals surface area (Å²) in [6.45, 7) is 7.62. The molecule has 1 saturated heterocycles. The molecule has 2 heterocycles. The molecule has 0 bridgehead atoms. The third-order valence-electron chi connectivity index (χ3n) is 4.79. The van der Waals surface area contributed by atoms with Crippen LogP contribution in [0.3, 0.4) is 0 Å². The van der Waals surface area contributed by atoms with Crippen LogP contribution >= 0.6 is 0 Å². The molecule has 1 atom stereocenters. The predicted octanol–water partition coefficient (Wildman–Crippen LogP) is 3.25. The second-order valence-corrected chi connectivity index (χ2v) is 6.91. The molecule has 5 heteroatoms. The molecule has 1 unspecified atom stereocenters. The van der Waals surface area contributed by atoms with Gasteiger partial charge in [0.2, 0.25) is 5.91 Å². The first kappa shape index (κ1) is 16.7. The average Bonchev–Trinajstić information content (AvgIpc) is 2.59.